The predicted molar refractivity (Wildman–Crippen MR) is 120 cm³/mol. The Labute approximate surface area is 175 Å². The van der Waals surface area contributed by atoms with E-state index >= 15 is 0 Å². The van der Waals surface area contributed by atoms with E-state index in [4.69, 9.17) is 0 Å². The molecule has 0 bridgehead atoms. The largest absolute Gasteiger partial charge is 0.295 e. The van der Waals surface area contributed by atoms with Gasteiger partial charge in [-0.05, 0) is 6.42 Å². The number of imide groups is 2. The maximum atomic E-state index is 12.1. The average Bonchev–Trinajstić information content (AvgIpc) is 3.01. The fourth-order valence-corrected chi connectivity index (χ4v) is 2.19. The van der Waals surface area contributed by atoms with Gasteiger partial charge in [-0.3, -0.25) is 29.4 Å². The van der Waals surface area contributed by atoms with Gasteiger partial charge in [0.05, 0.1) is 11.1 Å². The van der Waals surface area contributed by atoms with Crippen LogP contribution in [-0.2, 0) is 19.2 Å². The Morgan fingerprint density at radius 3 is 1.45 bits per heavy atom. The number of allylic oxidation sites excluding steroid dienone is 2. The number of rotatable bonds is 4. The molecule has 6 heteroatoms. The summed E-state index contributed by atoms with van der Waals surface area (Å²) in [6.45, 7) is 25.7. The minimum absolute atomic E-state index is 0.0975. The second kappa shape index (κ2) is 18.3. The number of piperidine rings is 1. The molecule has 0 aromatic heterocycles. The Hall–Kier alpha value is -3.02. The summed E-state index contributed by atoms with van der Waals surface area (Å²) in [5.74, 6) is -2.19. The monoisotopic (exact) mass is 404 g/mol. The van der Waals surface area contributed by atoms with E-state index in [1.165, 1.54) is 12.2 Å². The van der Waals surface area contributed by atoms with Crippen LogP contribution in [0.1, 0.15) is 54.4 Å². The second-order valence-corrected chi connectivity index (χ2v) is 4.65. The van der Waals surface area contributed by atoms with Gasteiger partial charge in [-0.1, -0.05) is 92.2 Å². The number of nitrogens with one attached hydrogen (secondary N) is 1. The van der Waals surface area contributed by atoms with Crippen molar-refractivity contribution in [2.24, 2.45) is 0 Å². The molecule has 1 fully saturated rings. The number of hydrogen-bond acceptors (Lipinski definition) is 4. The van der Waals surface area contributed by atoms with E-state index in [9.17, 15) is 19.2 Å². The molecule has 0 aliphatic carbocycles. The summed E-state index contributed by atoms with van der Waals surface area (Å²) in [7, 11) is 0. The van der Waals surface area contributed by atoms with Gasteiger partial charge in [0.25, 0.3) is 11.8 Å². The van der Waals surface area contributed by atoms with Gasteiger partial charge in [-0.2, -0.15) is 0 Å². The van der Waals surface area contributed by atoms with Crippen LogP contribution < -0.4 is 5.32 Å². The molecule has 162 valence electrons. The van der Waals surface area contributed by atoms with Crippen LogP contribution in [-0.4, -0.2) is 34.6 Å². The molecule has 4 amide bonds. The zero-order valence-electron chi connectivity index (χ0n) is 18.7. The lowest BCUT2D eigenvalue weighted by Gasteiger charge is -2.28. The SMILES string of the molecule is C=CC1=C(C=C)C(=O)N(C2CCC(=O)NC2=O)C1=O.C=CC=C.CC.CC.CC. The predicted octanol–water partition coefficient (Wildman–Crippen LogP) is 4.27. The zero-order valence-corrected chi connectivity index (χ0v) is 18.7. The lowest BCUT2D eigenvalue weighted by atomic mass is 10.0. The summed E-state index contributed by atoms with van der Waals surface area (Å²) >= 11 is 0. The van der Waals surface area contributed by atoms with Crippen molar-refractivity contribution >= 4 is 23.6 Å². The van der Waals surface area contributed by atoms with Crippen molar-refractivity contribution in [1.29, 1.82) is 0 Å². The fraction of sp³-hybridized carbons (Fsp3) is 0.391. The number of amides is 4. The Balaban J connectivity index is -0.000000580. The minimum atomic E-state index is -0.954. The van der Waals surface area contributed by atoms with Crippen LogP contribution in [0.15, 0.2) is 61.8 Å². The Morgan fingerprint density at radius 2 is 1.17 bits per heavy atom. The van der Waals surface area contributed by atoms with E-state index in [0.717, 1.165) is 4.90 Å². The third-order valence-corrected chi connectivity index (χ3v) is 3.29. The number of carbonyl (C=O) groups is 4. The Bertz CT molecular complexity index is 609. The molecule has 2 rings (SSSR count). The van der Waals surface area contributed by atoms with Crippen molar-refractivity contribution in [3.63, 3.8) is 0 Å². The molecule has 0 radical (unpaired) electrons. The molecule has 1 saturated heterocycles. The zero-order chi connectivity index (χ0) is 23.6. The van der Waals surface area contributed by atoms with Crippen molar-refractivity contribution in [3.05, 3.63) is 61.8 Å². The van der Waals surface area contributed by atoms with Gasteiger partial charge in [0.1, 0.15) is 6.04 Å². The van der Waals surface area contributed by atoms with Crippen molar-refractivity contribution in [3.8, 4) is 0 Å². The van der Waals surface area contributed by atoms with Crippen molar-refractivity contribution < 1.29 is 19.2 Å². The van der Waals surface area contributed by atoms with Gasteiger partial charge in [0.2, 0.25) is 11.8 Å². The fourth-order valence-electron chi connectivity index (χ4n) is 2.19. The van der Waals surface area contributed by atoms with E-state index in [2.05, 4.69) is 31.6 Å². The maximum absolute atomic E-state index is 12.1. The summed E-state index contributed by atoms with van der Waals surface area (Å²) in [6, 6.07) is -0.954. The molecular weight excluding hydrogens is 368 g/mol. The van der Waals surface area contributed by atoms with Crippen molar-refractivity contribution in [2.45, 2.75) is 60.4 Å². The molecule has 1 N–H and O–H groups in total. The molecule has 2 heterocycles. The topological polar surface area (TPSA) is 83.6 Å². The lowest BCUT2D eigenvalue weighted by Crippen LogP contribution is -2.54. The first-order chi connectivity index (χ1) is 13.9. The second-order valence-electron chi connectivity index (χ2n) is 4.65. The first-order valence-electron chi connectivity index (χ1n) is 9.87. The molecule has 6 nitrogen and oxygen atoms in total. The van der Waals surface area contributed by atoms with E-state index in [-0.39, 0.29) is 24.0 Å². The molecule has 2 aliphatic heterocycles. The van der Waals surface area contributed by atoms with Crippen LogP contribution in [0.25, 0.3) is 0 Å². The normalized spacial score (nSPS) is 16.9. The maximum Gasteiger partial charge on any atom is 0.262 e. The van der Waals surface area contributed by atoms with Crippen LogP contribution in [0.2, 0.25) is 0 Å². The van der Waals surface area contributed by atoms with E-state index in [1.807, 2.05) is 41.5 Å². The van der Waals surface area contributed by atoms with Crippen LogP contribution in [0.4, 0.5) is 0 Å². The third kappa shape index (κ3) is 8.68. The van der Waals surface area contributed by atoms with Gasteiger partial charge in [-0.15, -0.1) is 0 Å². The van der Waals surface area contributed by atoms with Gasteiger partial charge in [0, 0.05) is 6.42 Å². The average molecular weight is 405 g/mol. The molecule has 29 heavy (non-hydrogen) atoms. The van der Waals surface area contributed by atoms with Gasteiger partial charge in [0.15, 0.2) is 0 Å². The van der Waals surface area contributed by atoms with Crippen LogP contribution in [0.5, 0.6) is 0 Å². The lowest BCUT2D eigenvalue weighted by molar-refractivity contribution is -0.149. The number of hydrogen-bond donors (Lipinski definition) is 1. The smallest absolute Gasteiger partial charge is 0.262 e. The summed E-state index contributed by atoms with van der Waals surface area (Å²) < 4.78 is 0. The molecule has 2 aliphatic rings. The quantitative estimate of drug-likeness (QED) is 0.560. The standard InChI is InChI=1S/C13H12N2O4.C4H6.3C2H6/c1-3-7-8(4-2)13(19)15(12(7)18)9-5-6-10(16)14-11(9)17;1-3-4-2;3*1-2/h3-4,9H,1-2,5-6H2,(H,14,16,17);3-4H,1-2H2;3*1-2H3. The van der Waals surface area contributed by atoms with Crippen LogP contribution >= 0.6 is 0 Å². The molecule has 0 saturated carbocycles. The molecular formula is C23H36N2O4. The Morgan fingerprint density at radius 1 is 0.793 bits per heavy atom. The van der Waals surface area contributed by atoms with Gasteiger partial charge in [-0.25, -0.2) is 0 Å². The molecule has 0 aromatic rings. The highest BCUT2D eigenvalue weighted by atomic mass is 16.2. The summed E-state index contributed by atoms with van der Waals surface area (Å²) in [5, 5.41) is 2.12. The first-order valence-corrected chi connectivity index (χ1v) is 9.87. The van der Waals surface area contributed by atoms with Crippen LogP contribution in [0.3, 0.4) is 0 Å². The highest BCUT2D eigenvalue weighted by Gasteiger charge is 2.44. The summed E-state index contributed by atoms with van der Waals surface area (Å²) in [6.07, 6.45) is 6.05. The summed E-state index contributed by atoms with van der Waals surface area (Å²) in [5.41, 5.74) is 0.259. The number of nitrogens with zero attached hydrogens (tertiary/aromatic N) is 1. The van der Waals surface area contributed by atoms with E-state index in [1.54, 1.807) is 12.2 Å². The molecule has 0 spiro atoms. The van der Waals surface area contributed by atoms with E-state index in [0.29, 0.717) is 0 Å². The van der Waals surface area contributed by atoms with Crippen molar-refractivity contribution in [2.75, 3.05) is 0 Å². The van der Waals surface area contributed by atoms with Gasteiger partial charge < -0.3 is 0 Å². The summed E-state index contributed by atoms with van der Waals surface area (Å²) in [4.78, 5) is 47.9. The first kappa shape index (κ1) is 30.7. The minimum Gasteiger partial charge on any atom is -0.295 e. The Kier molecular flexibility index (Phi) is 19.4. The number of carbonyl (C=O) groups excluding carboxylic acids is 4. The van der Waals surface area contributed by atoms with Crippen molar-refractivity contribution in [1.82, 2.24) is 10.2 Å². The highest BCUT2D eigenvalue weighted by molar-refractivity contribution is 6.23. The highest BCUT2D eigenvalue weighted by Crippen LogP contribution is 2.27. The van der Waals surface area contributed by atoms with E-state index < -0.39 is 29.7 Å². The molecule has 0 aromatic carbocycles. The third-order valence-electron chi connectivity index (χ3n) is 3.29. The molecule has 1 atom stereocenters. The van der Waals surface area contributed by atoms with Gasteiger partial charge >= 0.3 is 0 Å². The molecule has 1 unspecified atom stereocenters. The van der Waals surface area contributed by atoms with Crippen LogP contribution in [0, 0.1) is 0 Å².